The highest BCUT2D eigenvalue weighted by molar-refractivity contribution is 4.80. The number of likely N-dealkylation sites (N-methyl/N-ethyl adjacent to an activating group) is 1. The van der Waals surface area contributed by atoms with Crippen molar-refractivity contribution in [2.24, 2.45) is 0 Å². The molecule has 2 N–H and O–H groups in total. The van der Waals surface area contributed by atoms with Crippen molar-refractivity contribution in [2.45, 2.75) is 63.7 Å². The molecule has 0 bridgehead atoms. The summed E-state index contributed by atoms with van der Waals surface area (Å²) in [6, 6.07) is 0.660. The number of hydrogen-bond donors (Lipinski definition) is 2. The van der Waals surface area contributed by atoms with Crippen LogP contribution in [-0.4, -0.2) is 61.0 Å². The van der Waals surface area contributed by atoms with Gasteiger partial charge in [0.2, 0.25) is 0 Å². The highest BCUT2D eigenvalue weighted by Gasteiger charge is 2.22. The van der Waals surface area contributed by atoms with Gasteiger partial charge in [-0.05, 0) is 38.8 Å². The van der Waals surface area contributed by atoms with E-state index in [9.17, 15) is 5.11 Å². The molecule has 2 aliphatic rings. The number of aliphatic hydroxyl groups excluding tert-OH is 1. The van der Waals surface area contributed by atoms with Crippen LogP contribution in [0.1, 0.15) is 45.4 Å². The minimum Gasteiger partial charge on any atom is -0.389 e. The molecule has 1 heterocycles. The fourth-order valence-corrected chi connectivity index (χ4v) is 3.32. The quantitative estimate of drug-likeness (QED) is 0.699. The smallest absolute Gasteiger partial charge is 0.0897 e. The third kappa shape index (κ3) is 5.03. The Morgan fingerprint density at radius 3 is 2.79 bits per heavy atom. The van der Waals surface area contributed by atoms with Crippen molar-refractivity contribution in [3.05, 3.63) is 0 Å². The Bertz CT molecular complexity index is 244. The number of nitrogens with one attached hydrogen (secondary N) is 1. The number of rotatable bonds is 8. The Morgan fingerprint density at radius 2 is 2.05 bits per heavy atom. The molecular weight excluding hydrogens is 240 g/mol. The maximum absolute atomic E-state index is 9.91. The van der Waals surface area contributed by atoms with Gasteiger partial charge in [-0.1, -0.05) is 19.8 Å². The predicted octanol–water partition coefficient (Wildman–Crippen LogP) is 1.38. The maximum atomic E-state index is 9.91. The van der Waals surface area contributed by atoms with Gasteiger partial charge in [-0.15, -0.1) is 0 Å². The zero-order valence-electron chi connectivity index (χ0n) is 12.3. The lowest BCUT2D eigenvalue weighted by molar-refractivity contribution is -0.00572. The molecule has 2 rings (SSSR count). The van der Waals surface area contributed by atoms with Crippen molar-refractivity contribution in [2.75, 3.05) is 32.8 Å². The molecule has 0 amide bonds. The monoisotopic (exact) mass is 270 g/mol. The average molecular weight is 270 g/mol. The summed E-state index contributed by atoms with van der Waals surface area (Å²) in [6.45, 7) is 6.73. The van der Waals surface area contributed by atoms with Crippen LogP contribution in [0.15, 0.2) is 0 Å². The molecule has 2 fully saturated rings. The van der Waals surface area contributed by atoms with E-state index in [0.29, 0.717) is 25.3 Å². The highest BCUT2D eigenvalue weighted by atomic mass is 16.5. The van der Waals surface area contributed by atoms with Crippen molar-refractivity contribution in [3.63, 3.8) is 0 Å². The van der Waals surface area contributed by atoms with Gasteiger partial charge in [-0.25, -0.2) is 0 Å². The minimum absolute atomic E-state index is 0.364. The molecule has 4 heteroatoms. The second-order valence-electron chi connectivity index (χ2n) is 5.98. The molecule has 0 aromatic carbocycles. The molecule has 1 saturated carbocycles. The van der Waals surface area contributed by atoms with Gasteiger partial charge in [0.15, 0.2) is 0 Å². The zero-order chi connectivity index (χ0) is 13.5. The third-order valence-corrected chi connectivity index (χ3v) is 4.49. The molecule has 4 nitrogen and oxygen atoms in total. The van der Waals surface area contributed by atoms with Gasteiger partial charge >= 0.3 is 0 Å². The summed E-state index contributed by atoms with van der Waals surface area (Å²) < 4.78 is 5.73. The number of hydrogen-bond acceptors (Lipinski definition) is 4. The van der Waals surface area contributed by atoms with E-state index in [4.69, 9.17) is 4.74 Å². The van der Waals surface area contributed by atoms with Gasteiger partial charge in [0.25, 0.3) is 0 Å². The first-order valence-electron chi connectivity index (χ1n) is 8.04. The Morgan fingerprint density at radius 1 is 1.26 bits per heavy atom. The van der Waals surface area contributed by atoms with Crippen LogP contribution in [0.3, 0.4) is 0 Å². The van der Waals surface area contributed by atoms with E-state index in [2.05, 4.69) is 17.1 Å². The van der Waals surface area contributed by atoms with E-state index in [1.807, 2.05) is 0 Å². The molecule has 1 saturated heterocycles. The first-order valence-corrected chi connectivity index (χ1v) is 8.04. The predicted molar refractivity (Wildman–Crippen MR) is 77.4 cm³/mol. The van der Waals surface area contributed by atoms with Crippen molar-refractivity contribution in [1.29, 1.82) is 0 Å². The molecule has 0 radical (unpaired) electrons. The second kappa shape index (κ2) is 8.20. The van der Waals surface area contributed by atoms with Crippen LogP contribution in [-0.2, 0) is 4.74 Å². The van der Waals surface area contributed by atoms with Crippen LogP contribution < -0.4 is 5.32 Å². The summed E-state index contributed by atoms with van der Waals surface area (Å²) in [5.41, 5.74) is 0. The number of aliphatic hydroxyl groups is 1. The Labute approximate surface area is 117 Å². The summed E-state index contributed by atoms with van der Waals surface area (Å²) in [7, 11) is 0. The zero-order valence-corrected chi connectivity index (χ0v) is 12.3. The van der Waals surface area contributed by atoms with Gasteiger partial charge in [0.05, 0.1) is 18.8 Å². The Balaban J connectivity index is 1.52. The fourth-order valence-electron chi connectivity index (χ4n) is 3.32. The average Bonchev–Trinajstić information content (AvgIpc) is 3.07. The number of nitrogens with zero attached hydrogens (tertiary/aromatic N) is 1. The van der Waals surface area contributed by atoms with Gasteiger partial charge in [0, 0.05) is 19.1 Å². The summed E-state index contributed by atoms with van der Waals surface area (Å²) in [5.74, 6) is 0. The SMILES string of the molecule is CCN1CCCC1CNCC(O)COC1CCCC1. The molecule has 1 aliphatic carbocycles. The molecule has 0 spiro atoms. The summed E-state index contributed by atoms with van der Waals surface area (Å²) in [5, 5.41) is 13.3. The van der Waals surface area contributed by atoms with E-state index >= 15 is 0 Å². The van der Waals surface area contributed by atoms with Crippen molar-refractivity contribution in [3.8, 4) is 0 Å². The van der Waals surface area contributed by atoms with E-state index in [-0.39, 0.29) is 6.10 Å². The number of ether oxygens (including phenoxy) is 1. The van der Waals surface area contributed by atoms with Crippen LogP contribution >= 0.6 is 0 Å². The van der Waals surface area contributed by atoms with E-state index in [1.165, 1.54) is 45.1 Å². The third-order valence-electron chi connectivity index (χ3n) is 4.49. The first-order chi connectivity index (χ1) is 9.29. The van der Waals surface area contributed by atoms with Crippen LogP contribution in [0.25, 0.3) is 0 Å². The Hall–Kier alpha value is -0.160. The summed E-state index contributed by atoms with van der Waals surface area (Å²) in [6.07, 6.45) is 7.56. The van der Waals surface area contributed by atoms with Crippen molar-refractivity contribution in [1.82, 2.24) is 10.2 Å². The largest absolute Gasteiger partial charge is 0.389 e. The van der Waals surface area contributed by atoms with Crippen molar-refractivity contribution >= 4 is 0 Å². The lowest BCUT2D eigenvalue weighted by atomic mass is 10.2. The van der Waals surface area contributed by atoms with E-state index < -0.39 is 0 Å². The van der Waals surface area contributed by atoms with E-state index in [1.54, 1.807) is 0 Å². The lowest BCUT2D eigenvalue weighted by Crippen LogP contribution is -2.41. The molecule has 0 aromatic heterocycles. The van der Waals surface area contributed by atoms with Gasteiger partial charge in [-0.3, -0.25) is 4.90 Å². The van der Waals surface area contributed by atoms with Crippen molar-refractivity contribution < 1.29 is 9.84 Å². The minimum atomic E-state index is -0.364. The first kappa shape index (κ1) is 15.2. The summed E-state index contributed by atoms with van der Waals surface area (Å²) >= 11 is 0. The molecule has 19 heavy (non-hydrogen) atoms. The number of likely N-dealkylation sites (tertiary alicyclic amines) is 1. The molecule has 1 aliphatic heterocycles. The molecule has 112 valence electrons. The lowest BCUT2D eigenvalue weighted by Gasteiger charge is -2.24. The van der Waals surface area contributed by atoms with Crippen LogP contribution in [0, 0.1) is 0 Å². The highest BCUT2D eigenvalue weighted by Crippen LogP contribution is 2.20. The van der Waals surface area contributed by atoms with Gasteiger partial charge in [0.1, 0.15) is 0 Å². The van der Waals surface area contributed by atoms with Gasteiger partial charge in [-0.2, -0.15) is 0 Å². The normalized spacial score (nSPS) is 27.2. The van der Waals surface area contributed by atoms with E-state index in [0.717, 1.165) is 13.1 Å². The maximum Gasteiger partial charge on any atom is 0.0897 e. The molecular formula is C15H30N2O2. The standard InChI is InChI=1S/C15H30N2O2/c1-2-17-9-5-6-13(17)10-16-11-14(18)12-19-15-7-3-4-8-15/h13-16,18H,2-12H2,1H3. The second-order valence-corrected chi connectivity index (χ2v) is 5.98. The van der Waals surface area contributed by atoms with Crippen LogP contribution in [0.4, 0.5) is 0 Å². The molecule has 2 atom stereocenters. The molecule has 0 aromatic rings. The fraction of sp³-hybridized carbons (Fsp3) is 1.00. The van der Waals surface area contributed by atoms with Crippen LogP contribution in [0.5, 0.6) is 0 Å². The Kier molecular flexibility index (Phi) is 6.57. The molecule has 2 unspecified atom stereocenters. The summed E-state index contributed by atoms with van der Waals surface area (Å²) in [4.78, 5) is 2.52. The van der Waals surface area contributed by atoms with Gasteiger partial charge < -0.3 is 15.2 Å². The topological polar surface area (TPSA) is 44.7 Å². The van der Waals surface area contributed by atoms with Crippen LogP contribution in [0.2, 0.25) is 0 Å².